The Labute approximate surface area is 85.2 Å². The Bertz CT molecular complexity index is 245. The predicted molar refractivity (Wildman–Crippen MR) is 59.1 cm³/mol. The number of amidine groups is 1. The Hall–Kier alpha value is -1.03. The summed E-state index contributed by atoms with van der Waals surface area (Å²) in [6, 6.07) is 0.160. The average molecular weight is 196 g/mol. The zero-order valence-corrected chi connectivity index (χ0v) is 8.77. The van der Waals surface area contributed by atoms with E-state index in [0.717, 1.165) is 30.5 Å². The lowest BCUT2D eigenvalue weighted by molar-refractivity contribution is 0.523. The minimum atomic E-state index is 0.115. The number of hydrogen-bond donors (Lipinski definition) is 4. The molecule has 0 spiro atoms. The van der Waals surface area contributed by atoms with Crippen LogP contribution in [0.5, 0.6) is 0 Å². The molecule has 4 nitrogen and oxygen atoms in total. The standard InChI is InChI=1S/C10H20N4/c1-14-8-6-4-2-3-5-7(11)9(8)10(12)13/h8,14H,2-6,11H2,1H3,(H3,12,13). The summed E-state index contributed by atoms with van der Waals surface area (Å²) in [6.45, 7) is 0. The van der Waals surface area contributed by atoms with E-state index in [2.05, 4.69) is 5.32 Å². The molecule has 0 heterocycles. The van der Waals surface area contributed by atoms with Gasteiger partial charge in [0.2, 0.25) is 0 Å². The van der Waals surface area contributed by atoms with Crippen molar-refractivity contribution >= 4 is 5.84 Å². The van der Waals surface area contributed by atoms with Gasteiger partial charge in [-0.1, -0.05) is 12.8 Å². The highest BCUT2D eigenvalue weighted by Crippen LogP contribution is 2.20. The molecule has 1 aliphatic rings. The first-order valence-electron chi connectivity index (χ1n) is 5.17. The summed E-state index contributed by atoms with van der Waals surface area (Å²) in [5.41, 5.74) is 13.1. The van der Waals surface area contributed by atoms with Gasteiger partial charge in [0.1, 0.15) is 5.84 Å². The van der Waals surface area contributed by atoms with Gasteiger partial charge in [-0.15, -0.1) is 0 Å². The topological polar surface area (TPSA) is 87.9 Å². The largest absolute Gasteiger partial charge is 0.402 e. The van der Waals surface area contributed by atoms with E-state index < -0.39 is 0 Å². The highest BCUT2D eigenvalue weighted by Gasteiger charge is 2.19. The summed E-state index contributed by atoms with van der Waals surface area (Å²) in [5, 5.41) is 10.7. The second-order valence-electron chi connectivity index (χ2n) is 3.79. The Kier molecular flexibility index (Phi) is 3.95. The summed E-state index contributed by atoms with van der Waals surface area (Å²) < 4.78 is 0. The molecule has 1 atom stereocenters. The summed E-state index contributed by atoms with van der Waals surface area (Å²) in [6.07, 6.45) is 5.39. The molecule has 80 valence electrons. The lowest BCUT2D eigenvalue weighted by atomic mass is 9.92. The van der Waals surface area contributed by atoms with Gasteiger partial charge in [0.05, 0.1) is 0 Å². The maximum absolute atomic E-state index is 7.52. The molecule has 1 aliphatic carbocycles. The van der Waals surface area contributed by atoms with Gasteiger partial charge >= 0.3 is 0 Å². The van der Waals surface area contributed by atoms with Crippen LogP contribution in [0.15, 0.2) is 11.3 Å². The number of rotatable bonds is 2. The van der Waals surface area contributed by atoms with Crippen LogP contribution >= 0.6 is 0 Å². The van der Waals surface area contributed by atoms with Crippen LogP contribution in [-0.2, 0) is 0 Å². The third-order valence-corrected chi connectivity index (χ3v) is 2.77. The van der Waals surface area contributed by atoms with Crippen molar-refractivity contribution in [3.8, 4) is 0 Å². The molecule has 6 N–H and O–H groups in total. The van der Waals surface area contributed by atoms with Crippen LogP contribution in [0.4, 0.5) is 0 Å². The molecule has 1 unspecified atom stereocenters. The quantitative estimate of drug-likeness (QED) is 0.387. The van der Waals surface area contributed by atoms with Gasteiger partial charge < -0.3 is 16.8 Å². The Balaban J connectivity index is 2.93. The van der Waals surface area contributed by atoms with E-state index in [0.29, 0.717) is 0 Å². The Morgan fingerprint density at radius 3 is 2.71 bits per heavy atom. The lowest BCUT2D eigenvalue weighted by Crippen LogP contribution is -2.36. The normalized spacial score (nSPS) is 24.2. The van der Waals surface area contributed by atoms with Crippen molar-refractivity contribution in [2.45, 2.75) is 38.1 Å². The molecule has 0 radical (unpaired) electrons. The van der Waals surface area contributed by atoms with E-state index in [1.165, 1.54) is 12.8 Å². The molecular weight excluding hydrogens is 176 g/mol. The lowest BCUT2D eigenvalue weighted by Gasteiger charge is -2.23. The van der Waals surface area contributed by atoms with Crippen molar-refractivity contribution in [1.82, 2.24) is 5.32 Å². The van der Waals surface area contributed by atoms with Crippen LogP contribution in [0.3, 0.4) is 0 Å². The molecule has 0 aromatic rings. The molecule has 0 amide bonds. The molecule has 0 saturated heterocycles. The number of nitrogens with one attached hydrogen (secondary N) is 2. The van der Waals surface area contributed by atoms with E-state index in [4.69, 9.17) is 16.9 Å². The maximum atomic E-state index is 7.52. The van der Waals surface area contributed by atoms with Gasteiger partial charge in [-0.05, 0) is 26.3 Å². The third-order valence-electron chi connectivity index (χ3n) is 2.77. The zero-order valence-electron chi connectivity index (χ0n) is 8.77. The predicted octanol–water partition coefficient (Wildman–Crippen LogP) is 0.687. The highest BCUT2D eigenvalue weighted by atomic mass is 14.9. The van der Waals surface area contributed by atoms with E-state index >= 15 is 0 Å². The zero-order chi connectivity index (χ0) is 10.6. The fraction of sp³-hybridized carbons (Fsp3) is 0.700. The number of nitrogens with two attached hydrogens (primary N) is 2. The Morgan fingerprint density at radius 1 is 1.43 bits per heavy atom. The molecular formula is C10H20N4. The van der Waals surface area contributed by atoms with Crippen molar-refractivity contribution in [2.24, 2.45) is 11.5 Å². The fourth-order valence-corrected chi connectivity index (χ4v) is 1.99. The smallest absolute Gasteiger partial charge is 0.121 e. The SMILES string of the molecule is CNC1CCCCCC(N)=C1C(=N)N. The van der Waals surface area contributed by atoms with Gasteiger partial charge in [0.25, 0.3) is 0 Å². The van der Waals surface area contributed by atoms with Crippen LogP contribution < -0.4 is 16.8 Å². The molecule has 0 fully saturated rings. The van der Waals surface area contributed by atoms with Crippen LogP contribution in [0.1, 0.15) is 32.1 Å². The molecule has 0 aromatic carbocycles. The van der Waals surface area contributed by atoms with Gasteiger partial charge in [0, 0.05) is 17.3 Å². The van der Waals surface area contributed by atoms with Crippen LogP contribution in [0.2, 0.25) is 0 Å². The monoisotopic (exact) mass is 196 g/mol. The van der Waals surface area contributed by atoms with Gasteiger partial charge in [-0.2, -0.15) is 0 Å². The van der Waals surface area contributed by atoms with E-state index in [9.17, 15) is 0 Å². The van der Waals surface area contributed by atoms with Crippen molar-refractivity contribution < 1.29 is 0 Å². The number of likely N-dealkylation sites (N-methyl/N-ethyl adjacent to an activating group) is 1. The minimum absolute atomic E-state index is 0.115. The van der Waals surface area contributed by atoms with Gasteiger partial charge in [0.15, 0.2) is 0 Å². The van der Waals surface area contributed by atoms with Crippen LogP contribution in [0, 0.1) is 5.41 Å². The molecule has 0 saturated carbocycles. The molecule has 0 bridgehead atoms. The molecule has 0 aliphatic heterocycles. The first kappa shape index (κ1) is 11.0. The van der Waals surface area contributed by atoms with Crippen LogP contribution in [0.25, 0.3) is 0 Å². The number of allylic oxidation sites excluding steroid dienone is 1. The average Bonchev–Trinajstić information content (AvgIpc) is 2.10. The summed E-state index contributed by atoms with van der Waals surface area (Å²) >= 11 is 0. The Morgan fingerprint density at radius 2 is 2.14 bits per heavy atom. The minimum Gasteiger partial charge on any atom is -0.402 e. The van der Waals surface area contributed by atoms with Crippen LogP contribution in [-0.4, -0.2) is 18.9 Å². The first-order valence-corrected chi connectivity index (χ1v) is 5.17. The molecule has 4 heteroatoms. The second-order valence-corrected chi connectivity index (χ2v) is 3.79. The second kappa shape index (κ2) is 5.00. The maximum Gasteiger partial charge on any atom is 0.121 e. The fourth-order valence-electron chi connectivity index (χ4n) is 1.99. The third kappa shape index (κ3) is 2.48. The molecule has 1 rings (SSSR count). The summed E-state index contributed by atoms with van der Waals surface area (Å²) in [4.78, 5) is 0. The number of hydrogen-bond acceptors (Lipinski definition) is 3. The van der Waals surface area contributed by atoms with Crippen molar-refractivity contribution in [2.75, 3.05) is 7.05 Å². The van der Waals surface area contributed by atoms with Gasteiger partial charge in [-0.3, -0.25) is 5.41 Å². The van der Waals surface area contributed by atoms with Crippen molar-refractivity contribution in [3.63, 3.8) is 0 Å². The molecule has 0 aromatic heterocycles. The first-order chi connectivity index (χ1) is 6.66. The van der Waals surface area contributed by atoms with E-state index in [-0.39, 0.29) is 11.9 Å². The highest BCUT2D eigenvalue weighted by molar-refractivity contribution is 5.96. The summed E-state index contributed by atoms with van der Waals surface area (Å²) in [5.74, 6) is 0.115. The van der Waals surface area contributed by atoms with Crippen molar-refractivity contribution in [3.05, 3.63) is 11.3 Å². The van der Waals surface area contributed by atoms with Gasteiger partial charge in [-0.25, -0.2) is 0 Å². The van der Waals surface area contributed by atoms with E-state index in [1.54, 1.807) is 0 Å². The summed E-state index contributed by atoms with van der Waals surface area (Å²) in [7, 11) is 1.89. The van der Waals surface area contributed by atoms with Crippen molar-refractivity contribution in [1.29, 1.82) is 5.41 Å². The molecule has 14 heavy (non-hydrogen) atoms. The van der Waals surface area contributed by atoms with E-state index in [1.807, 2.05) is 7.05 Å².